The van der Waals surface area contributed by atoms with Crippen LogP contribution in [0.3, 0.4) is 0 Å². The van der Waals surface area contributed by atoms with Crippen LogP contribution in [0.1, 0.15) is 26.2 Å². The average molecular weight is 1000 g/mol. The molecule has 364 valence electrons. The van der Waals surface area contributed by atoms with E-state index in [-0.39, 0.29) is 45.5 Å². The van der Waals surface area contributed by atoms with Gasteiger partial charge in [-0.05, 0) is 97.3 Å². The van der Waals surface area contributed by atoms with Gasteiger partial charge < -0.3 is 50.0 Å². The number of likely N-dealkylation sites (N-methyl/N-ethyl adjacent to an activating group) is 2. The summed E-state index contributed by atoms with van der Waals surface area (Å²) in [6.45, 7) is 29.6. The van der Waals surface area contributed by atoms with Crippen molar-refractivity contribution < 1.29 is 76.7 Å². The van der Waals surface area contributed by atoms with Gasteiger partial charge in [0.25, 0.3) is 0 Å². The first kappa shape index (κ1) is 61.2. The highest BCUT2D eigenvalue weighted by Gasteiger charge is 2.48. The van der Waals surface area contributed by atoms with E-state index >= 15 is 0 Å². The third-order valence-electron chi connectivity index (χ3n) is 8.35. The predicted molar refractivity (Wildman–Crippen MR) is 253 cm³/mol. The van der Waals surface area contributed by atoms with Gasteiger partial charge in [-0.25, -0.2) is 9.13 Å². The van der Waals surface area contributed by atoms with Gasteiger partial charge in [0.1, 0.15) is 26.3 Å². The fourth-order valence-electron chi connectivity index (χ4n) is 6.13. The molecular formula is C36H87N3O15P2Si5+2. The molecule has 0 rings (SSSR count). The molecular weight excluding hydrogens is 917 g/mol. The summed E-state index contributed by atoms with van der Waals surface area (Å²) in [4.78, 5) is 31.9. The Kier molecular flexibility index (Phi) is 27.2. The Morgan fingerprint density at radius 2 is 1.00 bits per heavy atom. The summed E-state index contributed by atoms with van der Waals surface area (Å²) < 4.78 is 85.6. The molecule has 0 spiro atoms. The highest BCUT2D eigenvalue weighted by atomic mass is 31.2. The van der Waals surface area contributed by atoms with Crippen molar-refractivity contribution in [1.29, 1.82) is 0 Å². The molecule has 0 saturated carbocycles. The molecule has 0 heterocycles. The molecule has 3 N–H and O–H groups in total. The topological polar surface area (TPSA) is 196 Å². The van der Waals surface area contributed by atoms with Crippen molar-refractivity contribution in [2.45, 2.75) is 104 Å². The summed E-state index contributed by atoms with van der Waals surface area (Å²) in [5.74, 6) is -0.173. The normalized spacial score (nSPS) is 17.3. The first-order valence-electron chi connectivity index (χ1n) is 21.2. The number of carbonyl (C=O) groups is 1. The van der Waals surface area contributed by atoms with Crippen LogP contribution in [0.2, 0.25) is 77.6 Å². The zero-order chi connectivity index (χ0) is 47.5. The highest BCUT2D eigenvalue weighted by Crippen LogP contribution is 2.43. The van der Waals surface area contributed by atoms with E-state index in [1.165, 1.54) is 0 Å². The van der Waals surface area contributed by atoms with Gasteiger partial charge in [-0.15, -0.1) is 0 Å². The minimum atomic E-state index is -4.28. The number of hydrogen-bond acceptors (Lipinski definition) is 13. The monoisotopic (exact) mass is 1000 g/mol. The van der Waals surface area contributed by atoms with Crippen LogP contribution in [-0.4, -0.2) is 181 Å². The van der Waals surface area contributed by atoms with Crippen LogP contribution in [0.25, 0.3) is 0 Å². The largest absolute Gasteiger partial charge is 0.472 e. The second kappa shape index (κ2) is 27.1. The zero-order valence-electron chi connectivity index (χ0n) is 40.7. The number of quaternary nitrogens is 2. The van der Waals surface area contributed by atoms with Crippen LogP contribution >= 0.6 is 15.6 Å². The molecule has 0 aliphatic rings. The van der Waals surface area contributed by atoms with Gasteiger partial charge in [-0.1, -0.05) is 6.58 Å². The Bertz CT molecular complexity index is 1400. The van der Waals surface area contributed by atoms with Crippen LogP contribution in [0.15, 0.2) is 12.2 Å². The van der Waals surface area contributed by atoms with Crippen molar-refractivity contribution in [3.05, 3.63) is 12.2 Å². The number of phosphoric acid groups is 2. The summed E-state index contributed by atoms with van der Waals surface area (Å²) >= 11 is 0. The molecule has 25 heteroatoms. The molecule has 0 aromatic carbocycles. The molecule has 0 aromatic heterocycles. The molecule has 0 saturated heterocycles. The first-order valence-corrected chi connectivity index (χ1v) is 38.9. The Hall–Kier alpha value is 0.194. The van der Waals surface area contributed by atoms with Crippen LogP contribution < -0.4 is 5.32 Å². The van der Waals surface area contributed by atoms with Gasteiger partial charge >= 0.3 is 41.3 Å². The number of nitrogens with one attached hydrogen (secondary N) is 1. The van der Waals surface area contributed by atoms with E-state index in [4.69, 9.17) is 44.0 Å². The predicted octanol–water partition coefficient (Wildman–Crippen LogP) is 6.51. The molecule has 61 heavy (non-hydrogen) atoms. The number of nitrogens with zero attached hydrogens (tertiary/aromatic N) is 2. The molecule has 4 unspecified atom stereocenters. The van der Waals surface area contributed by atoms with Gasteiger partial charge in [0.15, 0.2) is 16.6 Å². The lowest BCUT2D eigenvalue weighted by molar-refractivity contribution is -0.890. The smallest absolute Gasteiger partial charge is 0.437 e. The first-order chi connectivity index (χ1) is 27.5. The Morgan fingerprint density at radius 3 is 1.43 bits per heavy atom. The molecule has 0 bridgehead atoms. The number of phosphoric ester groups is 2. The second-order valence-corrected chi connectivity index (χ2v) is 42.7. The van der Waals surface area contributed by atoms with Crippen LogP contribution in [0.4, 0.5) is 0 Å². The molecule has 0 radical (unpaired) electrons. The van der Waals surface area contributed by atoms with E-state index in [1.807, 2.05) is 35.2 Å². The van der Waals surface area contributed by atoms with E-state index in [2.05, 4.69) is 77.4 Å². The number of carbonyl (C=O) groups excluding carboxylic acids is 1. The third-order valence-corrected chi connectivity index (χ3v) is 28.7. The van der Waals surface area contributed by atoms with Crippen molar-refractivity contribution in [3.8, 4) is 0 Å². The lowest BCUT2D eigenvalue weighted by Gasteiger charge is -2.44. The maximum atomic E-state index is 12.5. The van der Waals surface area contributed by atoms with Crippen molar-refractivity contribution in [2.75, 3.05) is 114 Å². The maximum absolute atomic E-state index is 12.5. The fourth-order valence-corrected chi connectivity index (χ4v) is 31.2. The standard InChI is InChI=1S/C36H85N3O15P2Si5/c1-35(2)36(40)37-21-18-22-39(6,7)24-28-48-56(43,44)50-32-30-46-26-20-34-61(17,53-59(14,15)51-57(8,9)10)54-60(16,52-58(11,12)13)33-19-25-45-29-31-49-55(41,42)47-27-23-38(3,4)5/h1,18-34H2,2-17H3,(H-2,37,40,41,42,43,44)/p+2. The summed E-state index contributed by atoms with van der Waals surface area (Å²) in [5, 5.41) is 2.81. The summed E-state index contributed by atoms with van der Waals surface area (Å²) in [5.41, 5.74) is 0.460. The Balaban J connectivity index is 5.24. The number of ether oxygens (including phenoxy) is 2. The molecule has 0 aliphatic carbocycles. The molecule has 0 aliphatic heterocycles. The maximum Gasteiger partial charge on any atom is 0.472 e. The minimum absolute atomic E-state index is 0.0258. The lowest BCUT2D eigenvalue weighted by Crippen LogP contribution is -2.60. The van der Waals surface area contributed by atoms with Crippen molar-refractivity contribution in [3.63, 3.8) is 0 Å². The summed E-state index contributed by atoms with van der Waals surface area (Å²) in [6, 6.07) is 1.26. The summed E-state index contributed by atoms with van der Waals surface area (Å²) in [7, 11) is -11.0. The second-order valence-electron chi connectivity index (χ2n) is 19.8. The third kappa shape index (κ3) is 35.1. The van der Waals surface area contributed by atoms with Gasteiger partial charge in [-0.2, -0.15) is 0 Å². The molecule has 0 aromatic rings. The number of amides is 1. The SMILES string of the molecule is C=C(C)C(=O)NCCC[N+](C)(C)CCOP(=O)(O)OCCOCCC[Si](C)(O[Si](C)(C)O[Si](C)(C)C)O[Si](C)(CCCOCCOP(=O)(O)OCC[N+](C)(C)C)O[Si](C)(C)C. The van der Waals surface area contributed by atoms with Gasteiger partial charge in [0, 0.05) is 31.8 Å². The number of rotatable bonds is 37. The van der Waals surface area contributed by atoms with E-state index in [0.29, 0.717) is 72.3 Å². The van der Waals surface area contributed by atoms with Gasteiger partial charge in [0.05, 0.1) is 68.2 Å². The zero-order valence-corrected chi connectivity index (χ0v) is 47.5. The van der Waals surface area contributed by atoms with Gasteiger partial charge in [0.2, 0.25) is 5.91 Å². The number of hydrogen-bond donors (Lipinski definition) is 3. The van der Waals surface area contributed by atoms with Crippen molar-refractivity contribution >= 4 is 63.9 Å². The van der Waals surface area contributed by atoms with Crippen LogP contribution in [0.5, 0.6) is 0 Å². The minimum Gasteiger partial charge on any atom is -0.437 e. The highest BCUT2D eigenvalue weighted by molar-refractivity contribution is 7.47. The Labute approximate surface area is 374 Å². The molecule has 18 nitrogen and oxygen atoms in total. The fraction of sp³-hybridized carbons (Fsp3) is 0.917. The van der Waals surface area contributed by atoms with Crippen LogP contribution in [0, 0.1) is 0 Å². The van der Waals surface area contributed by atoms with Gasteiger partial charge in [-0.3, -0.25) is 22.9 Å². The summed E-state index contributed by atoms with van der Waals surface area (Å²) in [6.07, 6.45) is 2.00. The van der Waals surface area contributed by atoms with E-state index in [9.17, 15) is 23.7 Å². The molecule has 1 amide bonds. The Morgan fingerprint density at radius 1 is 0.574 bits per heavy atom. The molecule has 4 atom stereocenters. The van der Waals surface area contributed by atoms with Crippen molar-refractivity contribution in [1.82, 2.24) is 5.32 Å². The van der Waals surface area contributed by atoms with Crippen LogP contribution in [-0.2, 0) is 58.0 Å². The lowest BCUT2D eigenvalue weighted by atomic mass is 10.3. The molecule has 0 fully saturated rings. The quantitative estimate of drug-likeness (QED) is 0.0200. The average Bonchev–Trinajstić information content (AvgIpc) is 3.02. The van der Waals surface area contributed by atoms with Crippen molar-refractivity contribution in [2.24, 2.45) is 0 Å². The van der Waals surface area contributed by atoms with E-state index < -0.39 is 58.0 Å². The van der Waals surface area contributed by atoms with E-state index in [0.717, 1.165) is 13.0 Å². The van der Waals surface area contributed by atoms with E-state index in [1.54, 1.807) is 6.92 Å².